The van der Waals surface area contributed by atoms with E-state index >= 15 is 0 Å². The fourth-order valence-electron chi connectivity index (χ4n) is 3.55. The Morgan fingerprint density at radius 3 is 2.37 bits per heavy atom. The molecule has 0 N–H and O–H groups in total. The van der Waals surface area contributed by atoms with Crippen LogP contribution in [-0.4, -0.2) is 35.7 Å². The van der Waals surface area contributed by atoms with E-state index in [0.717, 1.165) is 41.6 Å². The van der Waals surface area contributed by atoms with Gasteiger partial charge < -0.3 is 14.2 Å². The van der Waals surface area contributed by atoms with Crippen LogP contribution in [0.15, 0.2) is 18.2 Å². The zero-order valence-corrected chi connectivity index (χ0v) is 20.7. The topological polar surface area (TPSA) is 47.4 Å². The van der Waals surface area contributed by atoms with Gasteiger partial charge >= 0.3 is 0 Å². The molecule has 30 heavy (non-hydrogen) atoms. The highest BCUT2D eigenvalue weighted by atomic mass is 16.5. The summed E-state index contributed by atoms with van der Waals surface area (Å²) in [4.78, 5) is 18.3. The molecule has 1 atom stereocenters. The summed E-state index contributed by atoms with van der Waals surface area (Å²) in [6, 6.07) is 6.09. The third-order valence-corrected chi connectivity index (χ3v) is 5.47. The Balaban J connectivity index is 0.000000424. The van der Waals surface area contributed by atoms with Crippen molar-refractivity contribution in [3.8, 4) is 0 Å². The zero-order chi connectivity index (χ0) is 22.9. The van der Waals surface area contributed by atoms with E-state index in [1.54, 1.807) is 18.9 Å². The molecule has 0 aliphatic carbocycles. The molecule has 2 aromatic rings. The Morgan fingerprint density at radius 1 is 1.23 bits per heavy atom. The van der Waals surface area contributed by atoms with Crippen molar-refractivity contribution in [1.29, 1.82) is 0 Å². The number of anilines is 1. The van der Waals surface area contributed by atoms with Gasteiger partial charge in [0.15, 0.2) is 0 Å². The fraction of sp³-hybridized carbons (Fsp3) is 0.680. The molecule has 1 aromatic carbocycles. The second-order valence-corrected chi connectivity index (χ2v) is 9.01. The van der Waals surface area contributed by atoms with Gasteiger partial charge in [0.05, 0.1) is 11.0 Å². The number of carbonyl (C=O) groups excluding carboxylic acids is 1. The zero-order valence-electron chi connectivity index (χ0n) is 20.7. The minimum atomic E-state index is 0.000211. The highest BCUT2D eigenvalue weighted by Crippen LogP contribution is 2.29. The number of methoxy groups -OCH3 is 1. The number of carbonyl (C=O) groups is 1. The molecule has 0 fully saturated rings. The van der Waals surface area contributed by atoms with Crippen molar-refractivity contribution in [2.45, 2.75) is 86.6 Å². The minimum absolute atomic E-state index is 0.000211. The molecule has 0 aliphatic rings. The van der Waals surface area contributed by atoms with Crippen LogP contribution in [0.1, 0.15) is 80.5 Å². The summed E-state index contributed by atoms with van der Waals surface area (Å²) in [5, 5.41) is 0. The first kappa shape index (κ1) is 26.2. The van der Waals surface area contributed by atoms with Gasteiger partial charge in [0.2, 0.25) is 5.91 Å². The van der Waals surface area contributed by atoms with Gasteiger partial charge in [-0.2, -0.15) is 0 Å². The summed E-state index contributed by atoms with van der Waals surface area (Å²) in [7, 11) is 1.76. The fourth-order valence-corrected chi connectivity index (χ4v) is 3.55. The van der Waals surface area contributed by atoms with Crippen molar-refractivity contribution < 1.29 is 9.53 Å². The summed E-state index contributed by atoms with van der Waals surface area (Å²) in [6.07, 6.45) is 3.82. The van der Waals surface area contributed by atoms with Gasteiger partial charge in [-0.15, -0.1) is 0 Å². The predicted octanol–water partition coefficient (Wildman–Crippen LogP) is 6.19. The molecule has 0 radical (unpaired) electrons. The Bertz CT molecular complexity index is 790. The Morgan fingerprint density at radius 2 is 1.90 bits per heavy atom. The van der Waals surface area contributed by atoms with Crippen LogP contribution >= 0.6 is 0 Å². The lowest BCUT2D eigenvalue weighted by Crippen LogP contribution is -2.27. The number of hydrogen-bond donors (Lipinski definition) is 0. The molecule has 2 rings (SSSR count). The summed E-state index contributed by atoms with van der Waals surface area (Å²) >= 11 is 0. The lowest BCUT2D eigenvalue weighted by molar-refractivity contribution is -0.116. The summed E-state index contributed by atoms with van der Waals surface area (Å²) in [5.74, 6) is 2.02. The smallest absolute Gasteiger partial charge is 0.223 e. The summed E-state index contributed by atoms with van der Waals surface area (Å²) in [6.45, 7) is 19.2. The number of amides is 1. The molecular formula is C25H43N3O2. The molecular weight excluding hydrogens is 374 g/mol. The van der Waals surface area contributed by atoms with Crippen LogP contribution in [0, 0.1) is 5.92 Å². The van der Waals surface area contributed by atoms with Crippen molar-refractivity contribution in [2.24, 2.45) is 5.92 Å². The molecule has 0 saturated carbocycles. The van der Waals surface area contributed by atoms with E-state index in [0.29, 0.717) is 6.54 Å². The molecule has 1 unspecified atom stereocenters. The van der Waals surface area contributed by atoms with Crippen LogP contribution in [0.2, 0.25) is 0 Å². The maximum Gasteiger partial charge on any atom is 0.223 e. The molecule has 0 saturated heterocycles. The summed E-state index contributed by atoms with van der Waals surface area (Å²) < 4.78 is 7.19. The first-order valence-electron chi connectivity index (χ1n) is 11.4. The van der Waals surface area contributed by atoms with E-state index in [-0.39, 0.29) is 11.3 Å². The molecule has 1 amide bonds. The van der Waals surface area contributed by atoms with E-state index < -0.39 is 0 Å². The maximum absolute atomic E-state index is 11.7. The van der Waals surface area contributed by atoms with E-state index in [1.807, 2.05) is 19.1 Å². The van der Waals surface area contributed by atoms with Crippen molar-refractivity contribution in [2.75, 3.05) is 25.2 Å². The van der Waals surface area contributed by atoms with Gasteiger partial charge in [0.1, 0.15) is 5.82 Å². The van der Waals surface area contributed by atoms with Gasteiger partial charge in [0, 0.05) is 44.8 Å². The van der Waals surface area contributed by atoms with Crippen LogP contribution < -0.4 is 4.90 Å². The van der Waals surface area contributed by atoms with Gasteiger partial charge in [-0.05, 0) is 50.8 Å². The molecule has 1 aromatic heterocycles. The third-order valence-electron chi connectivity index (χ3n) is 5.47. The van der Waals surface area contributed by atoms with Crippen LogP contribution in [0.5, 0.6) is 0 Å². The quantitative estimate of drug-likeness (QED) is 0.481. The second-order valence-electron chi connectivity index (χ2n) is 9.01. The Hall–Kier alpha value is -1.88. The Labute approximate surface area is 183 Å². The summed E-state index contributed by atoms with van der Waals surface area (Å²) in [5.41, 5.74) is 3.00. The number of aryl methyl sites for hydroxylation is 1. The largest absolute Gasteiger partial charge is 0.385 e. The van der Waals surface area contributed by atoms with Crippen LogP contribution in [0.25, 0.3) is 11.0 Å². The SMILES string of the molecule is CCC(C)CCCOC.CCN(C(C)=O)c1ccc2c(c1)nc(C(C)(C)C)n2CC. The van der Waals surface area contributed by atoms with E-state index in [9.17, 15) is 4.79 Å². The molecule has 0 bridgehead atoms. The van der Waals surface area contributed by atoms with Crippen molar-refractivity contribution in [3.05, 3.63) is 24.0 Å². The van der Waals surface area contributed by atoms with E-state index in [2.05, 4.69) is 52.2 Å². The van der Waals surface area contributed by atoms with Crippen LogP contribution in [0.3, 0.4) is 0 Å². The normalized spacial score (nSPS) is 12.4. The number of benzene rings is 1. The van der Waals surface area contributed by atoms with Gasteiger partial charge in [-0.1, -0.05) is 41.0 Å². The molecule has 170 valence electrons. The molecule has 1 heterocycles. The Kier molecular flexibility index (Phi) is 10.5. The predicted molar refractivity (Wildman–Crippen MR) is 128 cm³/mol. The number of hydrogen-bond acceptors (Lipinski definition) is 3. The first-order valence-corrected chi connectivity index (χ1v) is 11.4. The lowest BCUT2D eigenvalue weighted by atomic mass is 9.96. The molecule has 5 heteroatoms. The first-order chi connectivity index (χ1) is 14.1. The number of imidazole rings is 1. The number of ether oxygens (including phenoxy) is 1. The second kappa shape index (κ2) is 12.1. The van der Waals surface area contributed by atoms with Gasteiger partial charge in [-0.25, -0.2) is 4.98 Å². The minimum Gasteiger partial charge on any atom is -0.385 e. The van der Waals surface area contributed by atoms with Crippen molar-refractivity contribution in [1.82, 2.24) is 9.55 Å². The molecule has 0 spiro atoms. The van der Waals surface area contributed by atoms with Gasteiger partial charge in [-0.3, -0.25) is 4.79 Å². The maximum atomic E-state index is 11.7. The van der Waals surface area contributed by atoms with Crippen molar-refractivity contribution in [3.63, 3.8) is 0 Å². The van der Waals surface area contributed by atoms with E-state index in [1.165, 1.54) is 19.3 Å². The van der Waals surface area contributed by atoms with Crippen molar-refractivity contribution >= 4 is 22.6 Å². The standard InChI is InChI=1S/C17H25N3O.C8H18O/c1-7-19(12(3)21)13-9-10-15-14(11-13)18-16(17(4,5)6)20(15)8-2;1-4-8(2)6-5-7-9-3/h9-11H,7-8H2,1-6H3;8H,4-7H2,1-3H3. The van der Waals surface area contributed by atoms with E-state index in [4.69, 9.17) is 9.72 Å². The molecule has 5 nitrogen and oxygen atoms in total. The van der Waals surface area contributed by atoms with Crippen LogP contribution in [0.4, 0.5) is 5.69 Å². The number of nitrogens with zero attached hydrogens (tertiary/aromatic N) is 3. The lowest BCUT2D eigenvalue weighted by Gasteiger charge is -2.19. The highest BCUT2D eigenvalue weighted by Gasteiger charge is 2.22. The number of rotatable bonds is 8. The van der Waals surface area contributed by atoms with Crippen LogP contribution in [-0.2, 0) is 21.5 Å². The average Bonchev–Trinajstić information content (AvgIpc) is 3.07. The number of fused-ring (bicyclic) bond motifs is 1. The highest BCUT2D eigenvalue weighted by molar-refractivity contribution is 5.93. The average molecular weight is 418 g/mol. The van der Waals surface area contributed by atoms with Gasteiger partial charge in [0.25, 0.3) is 0 Å². The molecule has 0 aliphatic heterocycles. The monoisotopic (exact) mass is 417 g/mol. The number of aromatic nitrogens is 2. The third kappa shape index (κ3) is 7.12.